The molecule has 0 aromatic rings. The van der Waals surface area contributed by atoms with E-state index in [4.69, 9.17) is 0 Å². The van der Waals surface area contributed by atoms with Gasteiger partial charge in [-0.25, -0.2) is 9.79 Å². The van der Waals surface area contributed by atoms with E-state index in [9.17, 15) is 4.79 Å². The number of hydrogen-bond donors (Lipinski definition) is 0. The second-order valence-corrected chi connectivity index (χ2v) is 1.91. The number of esters is 1. The molecule has 0 spiro atoms. The molecule has 0 unspecified atom stereocenters. The SMILES string of the molecule is C=C(CN=C=S)C(=O)OCC. The van der Waals surface area contributed by atoms with Crippen LogP contribution in [0.25, 0.3) is 0 Å². The molecule has 0 N–H and O–H groups in total. The van der Waals surface area contributed by atoms with Crippen molar-refractivity contribution < 1.29 is 9.53 Å². The molecule has 3 nitrogen and oxygen atoms in total. The van der Waals surface area contributed by atoms with Crippen molar-refractivity contribution in [1.82, 2.24) is 0 Å². The zero-order chi connectivity index (χ0) is 8.69. The maximum atomic E-state index is 10.8. The van der Waals surface area contributed by atoms with Crippen LogP contribution in [-0.2, 0) is 9.53 Å². The molecule has 0 aromatic carbocycles. The molecular formula is C7H9NO2S. The minimum atomic E-state index is -0.429. The van der Waals surface area contributed by atoms with Crippen LogP contribution in [0, 0.1) is 0 Å². The summed E-state index contributed by atoms with van der Waals surface area (Å²) in [6.45, 7) is 5.70. The van der Waals surface area contributed by atoms with Gasteiger partial charge in [0.15, 0.2) is 0 Å². The van der Waals surface area contributed by atoms with Gasteiger partial charge in [0.1, 0.15) is 0 Å². The number of aliphatic imine (C=N–C) groups is 1. The summed E-state index contributed by atoms with van der Waals surface area (Å²) in [4.78, 5) is 14.3. The Bertz CT molecular complexity index is 206. The summed E-state index contributed by atoms with van der Waals surface area (Å²) in [6.07, 6.45) is 0. The number of carbonyl (C=O) groups is 1. The van der Waals surface area contributed by atoms with Gasteiger partial charge in [0.05, 0.1) is 23.9 Å². The minimum Gasteiger partial charge on any atom is -0.463 e. The predicted octanol–water partition coefficient (Wildman–Crippen LogP) is 1.21. The molecule has 0 aliphatic heterocycles. The van der Waals surface area contributed by atoms with Crippen LogP contribution < -0.4 is 0 Å². The summed E-state index contributed by atoms with van der Waals surface area (Å²) in [5.41, 5.74) is 0.296. The summed E-state index contributed by atoms with van der Waals surface area (Å²) < 4.78 is 4.64. The second-order valence-electron chi connectivity index (χ2n) is 1.73. The average Bonchev–Trinajstić information content (AvgIpc) is 2.00. The third-order valence-corrected chi connectivity index (χ3v) is 1.03. The standard InChI is InChI=1S/C7H9NO2S/c1-3-10-7(9)6(2)4-8-5-11/h2-4H2,1H3. The number of rotatable bonds is 4. The van der Waals surface area contributed by atoms with E-state index >= 15 is 0 Å². The van der Waals surface area contributed by atoms with Crippen molar-refractivity contribution in [1.29, 1.82) is 0 Å². The van der Waals surface area contributed by atoms with Crippen molar-refractivity contribution in [2.24, 2.45) is 4.99 Å². The van der Waals surface area contributed by atoms with Gasteiger partial charge in [-0.2, -0.15) is 0 Å². The van der Waals surface area contributed by atoms with Gasteiger partial charge >= 0.3 is 5.97 Å². The molecule has 0 atom stereocenters. The molecule has 0 saturated heterocycles. The van der Waals surface area contributed by atoms with Crippen LogP contribution in [0.4, 0.5) is 0 Å². The molecule has 0 aliphatic rings. The number of carbonyl (C=O) groups excluding carboxylic acids is 1. The second kappa shape index (κ2) is 5.77. The van der Waals surface area contributed by atoms with Crippen LogP contribution in [0.2, 0.25) is 0 Å². The first-order valence-electron chi connectivity index (χ1n) is 3.11. The van der Waals surface area contributed by atoms with E-state index in [1.54, 1.807) is 6.92 Å². The fourth-order valence-corrected chi connectivity index (χ4v) is 0.490. The summed E-state index contributed by atoms with van der Waals surface area (Å²) in [7, 11) is 0. The Balaban J connectivity index is 3.83. The molecule has 0 amide bonds. The highest BCUT2D eigenvalue weighted by atomic mass is 32.1. The van der Waals surface area contributed by atoms with Gasteiger partial charge in [-0.1, -0.05) is 6.58 Å². The van der Waals surface area contributed by atoms with Gasteiger partial charge in [-0.05, 0) is 19.1 Å². The molecular weight excluding hydrogens is 162 g/mol. The summed E-state index contributed by atoms with van der Waals surface area (Å²) in [6, 6.07) is 0. The molecule has 0 aromatic heterocycles. The van der Waals surface area contributed by atoms with Crippen molar-refractivity contribution >= 4 is 23.3 Å². The Kier molecular flexibility index (Phi) is 5.25. The fourth-order valence-electron chi connectivity index (χ4n) is 0.425. The smallest absolute Gasteiger partial charge is 0.335 e. The van der Waals surface area contributed by atoms with Crippen molar-refractivity contribution in [2.75, 3.05) is 13.2 Å². The highest BCUT2D eigenvalue weighted by Crippen LogP contribution is 1.94. The van der Waals surface area contributed by atoms with Crippen LogP contribution in [0.5, 0.6) is 0 Å². The molecule has 0 aliphatic carbocycles. The van der Waals surface area contributed by atoms with Crippen molar-refractivity contribution in [2.45, 2.75) is 6.92 Å². The average molecular weight is 171 g/mol. The Morgan fingerprint density at radius 1 is 1.82 bits per heavy atom. The molecule has 4 heteroatoms. The maximum Gasteiger partial charge on any atom is 0.335 e. The van der Waals surface area contributed by atoms with Gasteiger partial charge in [-0.15, -0.1) is 0 Å². The monoisotopic (exact) mass is 171 g/mol. The number of nitrogens with zero attached hydrogens (tertiary/aromatic N) is 1. The largest absolute Gasteiger partial charge is 0.463 e. The van der Waals surface area contributed by atoms with Gasteiger partial charge in [0.2, 0.25) is 0 Å². The molecule has 0 rings (SSSR count). The number of hydrogen-bond acceptors (Lipinski definition) is 4. The van der Waals surface area contributed by atoms with E-state index < -0.39 is 5.97 Å². The zero-order valence-corrected chi connectivity index (χ0v) is 7.11. The third-order valence-electron chi connectivity index (χ3n) is 0.899. The van der Waals surface area contributed by atoms with Crippen molar-refractivity contribution in [3.63, 3.8) is 0 Å². The summed E-state index contributed by atoms with van der Waals surface area (Å²) >= 11 is 4.31. The van der Waals surface area contributed by atoms with Crippen molar-refractivity contribution in [3.05, 3.63) is 12.2 Å². The first kappa shape index (κ1) is 10.0. The number of isothiocyanates is 1. The summed E-state index contributed by atoms with van der Waals surface area (Å²) in [5.74, 6) is -0.429. The van der Waals surface area contributed by atoms with Crippen LogP contribution in [0.3, 0.4) is 0 Å². The number of ether oxygens (including phenoxy) is 1. The predicted molar refractivity (Wildman–Crippen MR) is 45.7 cm³/mol. The van der Waals surface area contributed by atoms with E-state index in [1.807, 2.05) is 0 Å². The molecule has 0 bridgehead atoms. The lowest BCUT2D eigenvalue weighted by molar-refractivity contribution is -0.138. The van der Waals surface area contributed by atoms with E-state index in [0.29, 0.717) is 12.2 Å². The van der Waals surface area contributed by atoms with Gasteiger partial charge in [0.25, 0.3) is 0 Å². The van der Waals surface area contributed by atoms with E-state index in [0.717, 1.165) is 0 Å². The Morgan fingerprint density at radius 2 is 2.45 bits per heavy atom. The third kappa shape index (κ3) is 4.42. The summed E-state index contributed by atoms with van der Waals surface area (Å²) in [5, 5.41) is 2.14. The van der Waals surface area contributed by atoms with E-state index in [2.05, 4.69) is 33.7 Å². The van der Waals surface area contributed by atoms with Crippen LogP contribution in [0.1, 0.15) is 6.92 Å². The topological polar surface area (TPSA) is 38.7 Å². The highest BCUT2D eigenvalue weighted by molar-refractivity contribution is 7.78. The first-order valence-corrected chi connectivity index (χ1v) is 3.51. The number of thiocarbonyl (C=S) groups is 1. The Hall–Kier alpha value is -0.990. The lowest BCUT2D eigenvalue weighted by Gasteiger charge is -1.99. The molecule has 60 valence electrons. The Labute approximate surface area is 70.8 Å². The normalized spacial score (nSPS) is 8.09. The Morgan fingerprint density at radius 3 is 2.91 bits per heavy atom. The first-order chi connectivity index (χ1) is 5.22. The highest BCUT2D eigenvalue weighted by Gasteiger charge is 2.04. The fraction of sp³-hybridized carbons (Fsp3) is 0.429. The van der Waals surface area contributed by atoms with Crippen LogP contribution in [-0.4, -0.2) is 24.3 Å². The van der Waals surface area contributed by atoms with Crippen LogP contribution in [0.15, 0.2) is 17.1 Å². The maximum absolute atomic E-state index is 10.8. The van der Waals surface area contributed by atoms with Crippen molar-refractivity contribution in [3.8, 4) is 0 Å². The van der Waals surface area contributed by atoms with Gasteiger partial charge in [0, 0.05) is 0 Å². The molecule has 0 saturated carbocycles. The molecule has 0 heterocycles. The minimum absolute atomic E-state index is 0.169. The molecule has 0 fully saturated rings. The quantitative estimate of drug-likeness (QED) is 0.276. The molecule has 11 heavy (non-hydrogen) atoms. The van der Waals surface area contributed by atoms with E-state index in [1.165, 1.54) is 0 Å². The lowest BCUT2D eigenvalue weighted by Crippen LogP contribution is -2.08. The lowest BCUT2D eigenvalue weighted by atomic mass is 10.3. The van der Waals surface area contributed by atoms with Gasteiger partial charge in [-0.3, -0.25) is 0 Å². The van der Waals surface area contributed by atoms with E-state index in [-0.39, 0.29) is 6.54 Å². The molecule has 0 radical (unpaired) electrons. The van der Waals surface area contributed by atoms with Gasteiger partial charge < -0.3 is 4.74 Å². The zero-order valence-electron chi connectivity index (χ0n) is 6.29. The van der Waals surface area contributed by atoms with Crippen LogP contribution >= 0.6 is 12.2 Å².